The van der Waals surface area contributed by atoms with E-state index in [0.29, 0.717) is 52.8 Å². The van der Waals surface area contributed by atoms with Crippen molar-refractivity contribution in [3.63, 3.8) is 0 Å². The van der Waals surface area contributed by atoms with Crippen LogP contribution in [0.2, 0.25) is 5.02 Å². The first kappa shape index (κ1) is 25.9. The van der Waals surface area contributed by atoms with E-state index in [9.17, 15) is 9.59 Å². The molecule has 1 unspecified atom stereocenters. The van der Waals surface area contributed by atoms with Gasteiger partial charge in [0.15, 0.2) is 16.9 Å². The monoisotopic (exact) mass is 531 g/mol. The minimum absolute atomic E-state index is 0.0585. The average Bonchev–Trinajstić information content (AvgIpc) is 3.18. The van der Waals surface area contributed by atoms with Gasteiger partial charge in [0.25, 0.3) is 5.91 Å². The Kier molecular flexibility index (Phi) is 7.43. The molecule has 3 aromatic carbocycles. The predicted molar refractivity (Wildman–Crippen MR) is 148 cm³/mol. The summed E-state index contributed by atoms with van der Waals surface area (Å²) in [6.07, 6.45) is 1.95. The molecule has 0 saturated heterocycles. The number of ether oxygens (including phenoxy) is 2. The highest BCUT2D eigenvalue weighted by Gasteiger charge is 2.43. The summed E-state index contributed by atoms with van der Waals surface area (Å²) in [7, 11) is 0. The van der Waals surface area contributed by atoms with Crippen LogP contribution in [0.25, 0.3) is 11.0 Å². The van der Waals surface area contributed by atoms with Crippen LogP contribution in [0, 0.1) is 6.92 Å². The first-order chi connectivity index (χ1) is 18.4. The van der Waals surface area contributed by atoms with E-state index in [0.717, 1.165) is 29.5 Å². The number of rotatable bonds is 9. The van der Waals surface area contributed by atoms with Crippen LogP contribution >= 0.6 is 11.6 Å². The Labute approximate surface area is 226 Å². The number of carbonyl (C=O) groups excluding carboxylic acids is 1. The molecule has 0 spiro atoms. The third kappa shape index (κ3) is 4.88. The molecule has 1 aromatic heterocycles. The molecule has 1 aliphatic rings. The van der Waals surface area contributed by atoms with Gasteiger partial charge in [-0.25, -0.2) is 0 Å². The van der Waals surface area contributed by atoms with Crippen molar-refractivity contribution in [1.82, 2.24) is 4.90 Å². The number of halogens is 1. The maximum atomic E-state index is 13.8. The molecule has 2 heterocycles. The van der Waals surface area contributed by atoms with Gasteiger partial charge in [-0.2, -0.15) is 0 Å². The van der Waals surface area contributed by atoms with Crippen molar-refractivity contribution in [2.24, 2.45) is 0 Å². The minimum Gasteiger partial charge on any atom is -0.490 e. The van der Waals surface area contributed by atoms with Crippen molar-refractivity contribution in [3.8, 4) is 11.5 Å². The highest BCUT2D eigenvalue weighted by Crippen LogP contribution is 2.42. The fraction of sp³-hybridized carbons (Fsp3) is 0.290. The van der Waals surface area contributed by atoms with E-state index in [2.05, 4.69) is 6.92 Å². The number of carbonyl (C=O) groups is 1. The van der Waals surface area contributed by atoms with Gasteiger partial charge in [0.2, 0.25) is 5.76 Å². The van der Waals surface area contributed by atoms with Crippen molar-refractivity contribution in [1.29, 1.82) is 0 Å². The molecule has 1 aliphatic heterocycles. The van der Waals surface area contributed by atoms with Crippen LogP contribution in [0.4, 0.5) is 0 Å². The molecule has 1 atom stereocenters. The lowest BCUT2D eigenvalue weighted by molar-refractivity contribution is 0.0714. The number of fused-ring (bicyclic) bond motifs is 2. The van der Waals surface area contributed by atoms with Crippen LogP contribution < -0.4 is 14.9 Å². The van der Waals surface area contributed by atoms with Crippen molar-refractivity contribution >= 4 is 28.5 Å². The van der Waals surface area contributed by atoms with Crippen LogP contribution in [0.15, 0.2) is 69.9 Å². The summed E-state index contributed by atoms with van der Waals surface area (Å²) in [5.41, 5.74) is 3.18. The normalized spacial score (nSPS) is 14.7. The van der Waals surface area contributed by atoms with Crippen molar-refractivity contribution < 1.29 is 18.7 Å². The second kappa shape index (κ2) is 10.9. The van der Waals surface area contributed by atoms with E-state index in [1.807, 2.05) is 56.3 Å². The summed E-state index contributed by atoms with van der Waals surface area (Å²) in [6.45, 7) is 7.37. The highest BCUT2D eigenvalue weighted by molar-refractivity contribution is 6.31. The first-order valence-corrected chi connectivity index (χ1v) is 13.3. The van der Waals surface area contributed by atoms with E-state index in [1.165, 1.54) is 0 Å². The van der Waals surface area contributed by atoms with E-state index in [4.69, 9.17) is 25.5 Å². The Morgan fingerprint density at radius 2 is 1.74 bits per heavy atom. The number of hydrogen-bond donors (Lipinski definition) is 0. The Morgan fingerprint density at radius 1 is 0.947 bits per heavy atom. The maximum absolute atomic E-state index is 13.8. The number of nitrogens with zero attached hydrogens (tertiary/aromatic N) is 1. The summed E-state index contributed by atoms with van der Waals surface area (Å²) in [4.78, 5) is 29.3. The third-order valence-corrected chi connectivity index (χ3v) is 6.98. The van der Waals surface area contributed by atoms with Crippen LogP contribution in [0.1, 0.15) is 65.5 Å². The SMILES string of the molecule is CCCCOc1ccc(C2c3c(oc4ccc(Cl)cc4c3=O)C(=O)N2Cc2ccc(C)cc2)cc1OCC. The maximum Gasteiger partial charge on any atom is 0.291 e. The molecule has 1 amide bonds. The average molecular weight is 532 g/mol. The molecular formula is C31H30ClNO5. The molecular weight excluding hydrogens is 502 g/mol. The summed E-state index contributed by atoms with van der Waals surface area (Å²) >= 11 is 6.21. The predicted octanol–water partition coefficient (Wildman–Crippen LogP) is 7.08. The Hall–Kier alpha value is -3.77. The van der Waals surface area contributed by atoms with E-state index >= 15 is 0 Å². The molecule has 4 aromatic rings. The lowest BCUT2D eigenvalue weighted by Crippen LogP contribution is -2.29. The molecule has 0 N–H and O–H groups in total. The standard InChI is InChI=1S/C31H30ClNO5/c1-4-6-15-37-25-13-11-21(16-26(25)36-5-2)28-27-29(34)23-17-22(32)12-14-24(23)38-30(27)31(35)33(28)18-20-9-7-19(3)8-10-20/h7-14,16-17,28H,4-6,15,18H2,1-3H3. The summed E-state index contributed by atoms with van der Waals surface area (Å²) in [5, 5.41) is 0.769. The van der Waals surface area contributed by atoms with Gasteiger partial charge in [-0.15, -0.1) is 0 Å². The third-order valence-electron chi connectivity index (χ3n) is 6.74. The molecule has 196 valence electrons. The van der Waals surface area contributed by atoms with E-state index in [-0.39, 0.29) is 17.1 Å². The smallest absolute Gasteiger partial charge is 0.291 e. The van der Waals surface area contributed by atoms with Gasteiger partial charge < -0.3 is 18.8 Å². The van der Waals surface area contributed by atoms with Gasteiger partial charge in [-0.3, -0.25) is 9.59 Å². The summed E-state index contributed by atoms with van der Waals surface area (Å²) in [5.74, 6) is 0.936. The second-order valence-electron chi connectivity index (χ2n) is 9.48. The Bertz CT molecular complexity index is 1540. The fourth-order valence-corrected chi connectivity index (χ4v) is 4.97. The van der Waals surface area contributed by atoms with E-state index < -0.39 is 6.04 Å². The van der Waals surface area contributed by atoms with Gasteiger partial charge in [0, 0.05) is 11.6 Å². The lowest BCUT2D eigenvalue weighted by atomic mass is 9.97. The zero-order valence-corrected chi connectivity index (χ0v) is 22.5. The largest absolute Gasteiger partial charge is 0.490 e. The number of aryl methyl sites for hydroxylation is 1. The summed E-state index contributed by atoms with van der Waals surface area (Å²) in [6, 6.07) is 17.8. The quantitative estimate of drug-likeness (QED) is 0.216. The van der Waals surface area contributed by atoms with Gasteiger partial charge in [-0.05, 0) is 61.7 Å². The number of hydrogen-bond acceptors (Lipinski definition) is 5. The van der Waals surface area contributed by atoms with Gasteiger partial charge in [0.05, 0.1) is 30.2 Å². The minimum atomic E-state index is -0.665. The molecule has 6 nitrogen and oxygen atoms in total. The lowest BCUT2D eigenvalue weighted by Gasteiger charge is -2.26. The van der Waals surface area contributed by atoms with Crippen molar-refractivity contribution in [3.05, 3.63) is 104 Å². The van der Waals surface area contributed by atoms with Crippen molar-refractivity contribution in [2.75, 3.05) is 13.2 Å². The summed E-state index contributed by atoms with van der Waals surface area (Å²) < 4.78 is 17.9. The zero-order valence-electron chi connectivity index (χ0n) is 21.8. The van der Waals surface area contributed by atoms with Crippen LogP contribution in [0.5, 0.6) is 11.5 Å². The molecule has 0 bridgehead atoms. The molecule has 0 saturated carbocycles. The number of benzene rings is 3. The molecule has 0 fully saturated rings. The topological polar surface area (TPSA) is 69.0 Å². The molecule has 0 aliphatic carbocycles. The number of unbranched alkanes of at least 4 members (excludes halogenated alkanes) is 1. The van der Waals surface area contributed by atoms with Crippen molar-refractivity contribution in [2.45, 2.75) is 46.2 Å². The molecule has 38 heavy (non-hydrogen) atoms. The van der Waals surface area contributed by atoms with Crippen LogP contribution in [0.3, 0.4) is 0 Å². The first-order valence-electron chi connectivity index (χ1n) is 12.9. The molecule has 0 radical (unpaired) electrons. The Morgan fingerprint density at radius 3 is 2.47 bits per heavy atom. The van der Waals surface area contributed by atoms with Gasteiger partial charge in [0.1, 0.15) is 5.58 Å². The highest BCUT2D eigenvalue weighted by atomic mass is 35.5. The molecule has 7 heteroatoms. The molecule has 5 rings (SSSR count). The zero-order chi connectivity index (χ0) is 26.8. The van der Waals surface area contributed by atoms with Gasteiger partial charge in [-0.1, -0.05) is 60.8 Å². The fourth-order valence-electron chi connectivity index (χ4n) is 4.80. The second-order valence-corrected chi connectivity index (χ2v) is 9.91. The van der Waals surface area contributed by atoms with E-state index in [1.54, 1.807) is 23.1 Å². The van der Waals surface area contributed by atoms with Crippen LogP contribution in [-0.2, 0) is 6.54 Å². The van der Waals surface area contributed by atoms with Crippen LogP contribution in [-0.4, -0.2) is 24.0 Å². The number of amides is 1. The van der Waals surface area contributed by atoms with Gasteiger partial charge >= 0.3 is 0 Å². The Balaban J connectivity index is 1.66.